The van der Waals surface area contributed by atoms with Gasteiger partial charge in [-0.3, -0.25) is 0 Å². The van der Waals surface area contributed by atoms with Crippen molar-refractivity contribution in [1.82, 2.24) is 0 Å². The van der Waals surface area contributed by atoms with Crippen LogP contribution in [0.1, 0.15) is 10.4 Å². The van der Waals surface area contributed by atoms with Crippen molar-refractivity contribution < 1.29 is 23.1 Å². The van der Waals surface area contributed by atoms with Crippen molar-refractivity contribution >= 4 is 5.97 Å². The van der Waals surface area contributed by atoms with E-state index >= 15 is 0 Å². The summed E-state index contributed by atoms with van der Waals surface area (Å²) >= 11 is 0. The van der Waals surface area contributed by atoms with Crippen molar-refractivity contribution in [3.05, 3.63) is 59.4 Å². The second kappa shape index (κ2) is 4.52. The molecule has 0 spiro atoms. The zero-order chi connectivity index (χ0) is 13.3. The van der Waals surface area contributed by atoms with E-state index in [1.54, 1.807) is 0 Å². The monoisotopic (exact) mass is 252 g/mol. The van der Waals surface area contributed by atoms with Gasteiger partial charge in [0.1, 0.15) is 5.82 Å². The fourth-order valence-electron chi connectivity index (χ4n) is 1.55. The summed E-state index contributed by atoms with van der Waals surface area (Å²) in [5, 5.41) is 8.67. The van der Waals surface area contributed by atoms with Crippen LogP contribution < -0.4 is 0 Å². The third-order valence-corrected chi connectivity index (χ3v) is 2.45. The molecule has 5 heteroatoms. The molecule has 18 heavy (non-hydrogen) atoms. The number of aromatic carboxylic acids is 1. The second-order valence-electron chi connectivity index (χ2n) is 3.63. The molecule has 0 amide bonds. The Bertz CT molecular complexity index is 624. The summed E-state index contributed by atoms with van der Waals surface area (Å²) < 4.78 is 39.4. The van der Waals surface area contributed by atoms with Gasteiger partial charge in [-0.2, -0.15) is 0 Å². The van der Waals surface area contributed by atoms with Gasteiger partial charge in [0.15, 0.2) is 11.6 Å². The second-order valence-corrected chi connectivity index (χ2v) is 3.63. The lowest BCUT2D eigenvalue weighted by Gasteiger charge is -2.05. The fourth-order valence-corrected chi connectivity index (χ4v) is 1.55. The molecule has 0 heterocycles. The standard InChI is InChI=1S/C13H7F3O2/c14-10-4-2-7(5-12(10)16)9-3-1-8(13(17)18)6-11(9)15/h1-6H,(H,17,18). The highest BCUT2D eigenvalue weighted by molar-refractivity contribution is 5.88. The Labute approximate surface area is 100 Å². The molecule has 0 fully saturated rings. The summed E-state index contributed by atoms with van der Waals surface area (Å²) in [7, 11) is 0. The predicted molar refractivity (Wildman–Crippen MR) is 58.7 cm³/mol. The zero-order valence-electron chi connectivity index (χ0n) is 8.95. The highest BCUT2D eigenvalue weighted by atomic mass is 19.2. The van der Waals surface area contributed by atoms with E-state index in [0.29, 0.717) is 0 Å². The van der Waals surface area contributed by atoms with Crippen molar-refractivity contribution in [2.24, 2.45) is 0 Å². The van der Waals surface area contributed by atoms with E-state index in [1.165, 1.54) is 18.2 Å². The molecule has 92 valence electrons. The first-order valence-electron chi connectivity index (χ1n) is 4.97. The molecule has 2 aromatic carbocycles. The van der Waals surface area contributed by atoms with Crippen LogP contribution in [0.15, 0.2) is 36.4 Å². The van der Waals surface area contributed by atoms with Crippen molar-refractivity contribution in [2.75, 3.05) is 0 Å². The normalized spacial score (nSPS) is 10.4. The molecule has 0 radical (unpaired) electrons. The summed E-state index contributed by atoms with van der Waals surface area (Å²) in [4.78, 5) is 10.6. The van der Waals surface area contributed by atoms with Crippen LogP contribution >= 0.6 is 0 Å². The largest absolute Gasteiger partial charge is 0.478 e. The lowest BCUT2D eigenvalue weighted by atomic mass is 10.0. The summed E-state index contributed by atoms with van der Waals surface area (Å²) in [6, 6.07) is 6.20. The Morgan fingerprint density at radius 3 is 2.17 bits per heavy atom. The Balaban J connectivity index is 2.51. The average Bonchev–Trinajstić information content (AvgIpc) is 2.32. The van der Waals surface area contributed by atoms with Gasteiger partial charge in [0, 0.05) is 5.56 Å². The first-order chi connectivity index (χ1) is 8.49. The van der Waals surface area contributed by atoms with Crippen molar-refractivity contribution in [2.45, 2.75) is 0 Å². The summed E-state index contributed by atoms with van der Waals surface area (Å²) in [6.07, 6.45) is 0. The van der Waals surface area contributed by atoms with Crippen LogP contribution in [0.2, 0.25) is 0 Å². The number of carbonyl (C=O) groups is 1. The molecule has 0 bridgehead atoms. The van der Waals surface area contributed by atoms with E-state index in [2.05, 4.69) is 0 Å². The smallest absolute Gasteiger partial charge is 0.335 e. The molecule has 0 atom stereocenters. The number of rotatable bonds is 2. The van der Waals surface area contributed by atoms with E-state index in [1.807, 2.05) is 0 Å². The predicted octanol–water partition coefficient (Wildman–Crippen LogP) is 3.47. The molecule has 0 unspecified atom stereocenters. The maximum atomic E-state index is 13.6. The van der Waals surface area contributed by atoms with Crippen LogP contribution in [0, 0.1) is 17.5 Å². The molecule has 0 aromatic heterocycles. The van der Waals surface area contributed by atoms with E-state index in [0.717, 1.165) is 18.2 Å². The molecular formula is C13H7F3O2. The van der Waals surface area contributed by atoms with Gasteiger partial charge in [0.2, 0.25) is 0 Å². The number of benzene rings is 2. The van der Waals surface area contributed by atoms with Gasteiger partial charge < -0.3 is 5.11 Å². The number of carboxylic acids is 1. The van der Waals surface area contributed by atoms with Crippen LogP contribution in [0.3, 0.4) is 0 Å². The topological polar surface area (TPSA) is 37.3 Å². The lowest BCUT2D eigenvalue weighted by Crippen LogP contribution is -1.98. The molecular weight excluding hydrogens is 245 g/mol. The van der Waals surface area contributed by atoms with Gasteiger partial charge in [0.25, 0.3) is 0 Å². The van der Waals surface area contributed by atoms with E-state index in [-0.39, 0.29) is 16.7 Å². The Morgan fingerprint density at radius 1 is 0.889 bits per heavy atom. The summed E-state index contributed by atoms with van der Waals surface area (Å²) in [5.41, 5.74) is -0.0546. The number of carboxylic acid groups (broad SMARTS) is 1. The van der Waals surface area contributed by atoms with Gasteiger partial charge in [-0.15, -0.1) is 0 Å². The SMILES string of the molecule is O=C(O)c1ccc(-c2ccc(F)c(F)c2)c(F)c1. The minimum atomic E-state index is -1.26. The third-order valence-electron chi connectivity index (χ3n) is 2.45. The van der Waals surface area contributed by atoms with Crippen LogP contribution in [0.4, 0.5) is 13.2 Å². The Kier molecular flexibility index (Phi) is 3.06. The summed E-state index contributed by atoms with van der Waals surface area (Å²) in [6.45, 7) is 0. The number of halogens is 3. The first-order valence-corrected chi connectivity index (χ1v) is 4.97. The third kappa shape index (κ3) is 2.20. The van der Waals surface area contributed by atoms with Crippen LogP contribution in [0.5, 0.6) is 0 Å². The maximum Gasteiger partial charge on any atom is 0.335 e. The van der Waals surface area contributed by atoms with E-state index < -0.39 is 23.4 Å². The van der Waals surface area contributed by atoms with Crippen LogP contribution in [0.25, 0.3) is 11.1 Å². The minimum absolute atomic E-state index is 0.0129. The summed E-state index contributed by atoms with van der Waals surface area (Å²) in [5.74, 6) is -4.18. The van der Waals surface area contributed by atoms with Gasteiger partial charge >= 0.3 is 5.97 Å². The van der Waals surface area contributed by atoms with Gasteiger partial charge in [-0.05, 0) is 29.8 Å². The van der Waals surface area contributed by atoms with E-state index in [4.69, 9.17) is 5.11 Å². The maximum absolute atomic E-state index is 13.6. The molecule has 2 aromatic rings. The lowest BCUT2D eigenvalue weighted by molar-refractivity contribution is 0.0696. The number of hydrogen-bond acceptors (Lipinski definition) is 1. The van der Waals surface area contributed by atoms with Crippen LogP contribution in [-0.2, 0) is 0 Å². The van der Waals surface area contributed by atoms with Crippen molar-refractivity contribution in [3.8, 4) is 11.1 Å². The van der Waals surface area contributed by atoms with Gasteiger partial charge in [-0.1, -0.05) is 12.1 Å². The highest BCUT2D eigenvalue weighted by Crippen LogP contribution is 2.25. The Hall–Kier alpha value is -2.30. The molecule has 0 saturated heterocycles. The minimum Gasteiger partial charge on any atom is -0.478 e. The highest BCUT2D eigenvalue weighted by Gasteiger charge is 2.11. The molecule has 2 rings (SSSR count). The molecule has 0 aliphatic carbocycles. The van der Waals surface area contributed by atoms with Crippen molar-refractivity contribution in [3.63, 3.8) is 0 Å². The molecule has 0 aliphatic rings. The quantitative estimate of drug-likeness (QED) is 0.888. The fraction of sp³-hybridized carbons (Fsp3) is 0. The number of hydrogen-bond donors (Lipinski definition) is 1. The molecule has 0 saturated carbocycles. The average molecular weight is 252 g/mol. The molecule has 1 N–H and O–H groups in total. The van der Waals surface area contributed by atoms with E-state index in [9.17, 15) is 18.0 Å². The Morgan fingerprint density at radius 2 is 1.61 bits per heavy atom. The molecule has 2 nitrogen and oxygen atoms in total. The zero-order valence-corrected chi connectivity index (χ0v) is 8.95. The van der Waals surface area contributed by atoms with Crippen molar-refractivity contribution in [1.29, 1.82) is 0 Å². The van der Waals surface area contributed by atoms with Gasteiger partial charge in [0.05, 0.1) is 5.56 Å². The first kappa shape index (κ1) is 12.2. The molecule has 0 aliphatic heterocycles. The van der Waals surface area contributed by atoms with Gasteiger partial charge in [-0.25, -0.2) is 18.0 Å². The van der Waals surface area contributed by atoms with Crippen LogP contribution in [-0.4, -0.2) is 11.1 Å².